The third-order valence-electron chi connectivity index (χ3n) is 5.15. The Hall–Kier alpha value is -2.61. The molecular formula is C24H19Cl4N3O5S. The number of carbonyl (C=O) groups is 3. The van der Waals surface area contributed by atoms with Crippen LogP contribution in [-0.4, -0.2) is 37.3 Å². The van der Waals surface area contributed by atoms with Gasteiger partial charge in [-0.25, -0.2) is 0 Å². The van der Waals surface area contributed by atoms with Crippen LogP contribution in [0.4, 0.5) is 5.69 Å². The second kappa shape index (κ2) is 12.8. The standard InChI is InChI=1S/C24H19Cl4N3O5S/c1-3-36-21-16(27)4-11(5-17(21)28)19-15(9-29)23(31-22(33)20(19)24(34)35-2)37-10-18(32)30-14-7-12(25)6-13(26)8-14/h4-8,19-20H,3,10H2,1-2H3,(H,30,32)(H,31,33)/t19-,20+/m0/s1. The third kappa shape index (κ3) is 6.83. The number of benzene rings is 2. The average Bonchev–Trinajstić information content (AvgIpc) is 2.83. The van der Waals surface area contributed by atoms with Crippen LogP contribution in [0.3, 0.4) is 0 Å². The number of allylic oxidation sites excluding steroid dienone is 1. The highest BCUT2D eigenvalue weighted by atomic mass is 35.5. The van der Waals surface area contributed by atoms with Gasteiger partial charge in [0, 0.05) is 21.7 Å². The van der Waals surface area contributed by atoms with E-state index >= 15 is 0 Å². The fourth-order valence-electron chi connectivity index (χ4n) is 3.68. The zero-order chi connectivity index (χ0) is 27.3. The number of ether oxygens (including phenoxy) is 2. The lowest BCUT2D eigenvalue weighted by atomic mass is 9.78. The van der Waals surface area contributed by atoms with Crippen LogP contribution in [0, 0.1) is 17.2 Å². The van der Waals surface area contributed by atoms with Gasteiger partial charge in [0.15, 0.2) is 5.75 Å². The van der Waals surface area contributed by atoms with E-state index < -0.39 is 29.6 Å². The molecule has 2 atom stereocenters. The number of amides is 2. The number of nitriles is 1. The summed E-state index contributed by atoms with van der Waals surface area (Å²) in [5.41, 5.74) is 0.749. The minimum absolute atomic E-state index is 0.0369. The van der Waals surface area contributed by atoms with Crippen molar-refractivity contribution in [1.29, 1.82) is 5.26 Å². The van der Waals surface area contributed by atoms with Crippen molar-refractivity contribution in [3.05, 3.63) is 66.6 Å². The van der Waals surface area contributed by atoms with Gasteiger partial charge in [0.2, 0.25) is 11.8 Å². The zero-order valence-corrected chi connectivity index (χ0v) is 23.2. The number of halogens is 4. The summed E-state index contributed by atoms with van der Waals surface area (Å²) >= 11 is 25.6. The van der Waals surface area contributed by atoms with E-state index in [0.29, 0.717) is 27.9 Å². The smallest absolute Gasteiger partial charge is 0.319 e. The monoisotopic (exact) mass is 601 g/mol. The molecule has 0 spiro atoms. The van der Waals surface area contributed by atoms with E-state index in [2.05, 4.69) is 16.7 Å². The van der Waals surface area contributed by atoms with Crippen molar-refractivity contribution in [3.63, 3.8) is 0 Å². The molecule has 0 saturated carbocycles. The zero-order valence-electron chi connectivity index (χ0n) is 19.4. The first-order chi connectivity index (χ1) is 17.6. The van der Waals surface area contributed by atoms with Crippen molar-refractivity contribution < 1.29 is 23.9 Å². The van der Waals surface area contributed by atoms with Gasteiger partial charge < -0.3 is 20.1 Å². The first kappa shape index (κ1) is 29.0. The first-order valence-corrected chi connectivity index (χ1v) is 13.1. The SMILES string of the molecule is CCOc1c(Cl)cc([C@H]2C(C#N)=C(SCC(=O)Nc3cc(Cl)cc(Cl)c3)NC(=O)[C@@H]2C(=O)OC)cc1Cl. The van der Waals surface area contributed by atoms with Crippen LogP contribution in [0.1, 0.15) is 18.4 Å². The molecule has 0 aliphatic carbocycles. The summed E-state index contributed by atoms with van der Waals surface area (Å²) in [7, 11) is 1.14. The Labute approximate surface area is 237 Å². The van der Waals surface area contributed by atoms with E-state index in [-0.39, 0.29) is 32.1 Å². The second-order valence-corrected chi connectivity index (χ2v) is 10.2. The highest BCUT2D eigenvalue weighted by Gasteiger charge is 2.44. The Morgan fingerprint density at radius 2 is 1.73 bits per heavy atom. The van der Waals surface area contributed by atoms with Crippen molar-refractivity contribution in [1.82, 2.24) is 5.32 Å². The normalized spacial score (nSPS) is 17.1. The number of nitrogens with one attached hydrogen (secondary N) is 2. The maximum Gasteiger partial charge on any atom is 0.319 e. The first-order valence-electron chi connectivity index (χ1n) is 10.6. The quantitative estimate of drug-likeness (QED) is 0.289. The number of nitrogens with zero attached hydrogens (tertiary/aromatic N) is 1. The lowest BCUT2D eigenvalue weighted by Crippen LogP contribution is -2.44. The van der Waals surface area contributed by atoms with Gasteiger partial charge in [-0.3, -0.25) is 14.4 Å². The molecular weight excluding hydrogens is 584 g/mol. The molecule has 1 heterocycles. The second-order valence-electron chi connectivity index (χ2n) is 7.56. The van der Waals surface area contributed by atoms with Crippen molar-refractivity contribution in [2.75, 3.05) is 24.8 Å². The fourth-order valence-corrected chi connectivity index (χ4v) is 5.67. The predicted octanol–water partition coefficient (Wildman–Crippen LogP) is 5.81. The molecule has 37 heavy (non-hydrogen) atoms. The molecule has 2 aromatic rings. The maximum atomic E-state index is 13.0. The molecule has 0 saturated heterocycles. The van der Waals surface area contributed by atoms with Crippen LogP contribution in [0.25, 0.3) is 0 Å². The number of rotatable bonds is 8. The number of carbonyl (C=O) groups excluding carboxylic acids is 3. The van der Waals surface area contributed by atoms with Gasteiger partial charge in [-0.2, -0.15) is 5.26 Å². The average molecular weight is 603 g/mol. The van der Waals surface area contributed by atoms with Crippen molar-refractivity contribution >= 4 is 81.6 Å². The molecule has 0 unspecified atom stereocenters. The Bertz CT molecular complexity index is 1280. The molecule has 2 amide bonds. The largest absolute Gasteiger partial charge is 0.491 e. The van der Waals surface area contributed by atoms with Crippen molar-refractivity contribution in [2.24, 2.45) is 5.92 Å². The van der Waals surface area contributed by atoms with E-state index in [9.17, 15) is 19.6 Å². The van der Waals surface area contributed by atoms with E-state index in [1.165, 1.54) is 30.3 Å². The Balaban J connectivity index is 1.96. The van der Waals surface area contributed by atoms with Crippen LogP contribution in [0.5, 0.6) is 5.75 Å². The van der Waals surface area contributed by atoms with Crippen LogP contribution in [0.15, 0.2) is 40.9 Å². The van der Waals surface area contributed by atoms with E-state index in [0.717, 1.165) is 18.9 Å². The number of thioether (sulfide) groups is 1. The summed E-state index contributed by atoms with van der Waals surface area (Å²) in [6.45, 7) is 2.07. The van der Waals surface area contributed by atoms with Gasteiger partial charge in [0.1, 0.15) is 5.92 Å². The summed E-state index contributed by atoms with van der Waals surface area (Å²) in [6.07, 6.45) is 0. The molecule has 0 aromatic heterocycles. The summed E-state index contributed by atoms with van der Waals surface area (Å²) in [4.78, 5) is 38.2. The van der Waals surface area contributed by atoms with Gasteiger partial charge in [0.25, 0.3) is 0 Å². The van der Waals surface area contributed by atoms with Gasteiger partial charge >= 0.3 is 5.97 Å². The van der Waals surface area contributed by atoms with E-state index in [4.69, 9.17) is 55.9 Å². The molecule has 194 valence electrons. The number of hydrogen-bond acceptors (Lipinski definition) is 7. The highest BCUT2D eigenvalue weighted by molar-refractivity contribution is 8.03. The lowest BCUT2D eigenvalue weighted by molar-refractivity contribution is -0.150. The van der Waals surface area contributed by atoms with Gasteiger partial charge in [-0.1, -0.05) is 58.2 Å². The van der Waals surface area contributed by atoms with Gasteiger partial charge in [0.05, 0.1) is 46.2 Å². The van der Waals surface area contributed by atoms with Gasteiger partial charge in [-0.15, -0.1) is 0 Å². The molecule has 8 nitrogen and oxygen atoms in total. The Morgan fingerprint density at radius 1 is 1.11 bits per heavy atom. The summed E-state index contributed by atoms with van der Waals surface area (Å²) < 4.78 is 10.3. The van der Waals surface area contributed by atoms with E-state index in [1.807, 2.05) is 0 Å². The molecule has 0 fully saturated rings. The predicted molar refractivity (Wildman–Crippen MR) is 144 cm³/mol. The molecule has 1 aliphatic heterocycles. The number of hydrogen-bond donors (Lipinski definition) is 2. The highest BCUT2D eigenvalue weighted by Crippen LogP contribution is 2.44. The lowest BCUT2D eigenvalue weighted by Gasteiger charge is -2.31. The van der Waals surface area contributed by atoms with Crippen LogP contribution in [0.2, 0.25) is 20.1 Å². The van der Waals surface area contributed by atoms with Crippen molar-refractivity contribution in [3.8, 4) is 11.8 Å². The molecule has 13 heteroatoms. The number of esters is 1. The van der Waals surface area contributed by atoms with Crippen LogP contribution >= 0.6 is 58.2 Å². The molecule has 0 radical (unpaired) electrons. The van der Waals surface area contributed by atoms with Crippen LogP contribution in [-0.2, 0) is 19.1 Å². The Kier molecular flexibility index (Phi) is 9.99. The summed E-state index contributed by atoms with van der Waals surface area (Å²) in [6, 6.07) is 9.57. The molecule has 1 aliphatic rings. The van der Waals surface area contributed by atoms with Crippen molar-refractivity contribution in [2.45, 2.75) is 12.8 Å². The molecule has 0 bridgehead atoms. The van der Waals surface area contributed by atoms with E-state index in [1.54, 1.807) is 6.92 Å². The molecule has 3 rings (SSSR count). The molecule has 2 N–H and O–H groups in total. The third-order valence-corrected chi connectivity index (χ3v) is 7.16. The summed E-state index contributed by atoms with van der Waals surface area (Å²) in [5.74, 6) is -4.41. The topological polar surface area (TPSA) is 118 Å². The number of anilines is 1. The fraction of sp³-hybridized carbons (Fsp3) is 0.250. The maximum absolute atomic E-state index is 13.0. The molecule has 2 aromatic carbocycles. The van der Waals surface area contributed by atoms with Crippen LogP contribution < -0.4 is 15.4 Å². The Morgan fingerprint density at radius 3 is 2.27 bits per heavy atom. The van der Waals surface area contributed by atoms with Gasteiger partial charge in [-0.05, 0) is 42.8 Å². The summed E-state index contributed by atoms with van der Waals surface area (Å²) in [5, 5.41) is 16.3. The minimum atomic E-state index is -1.39. The number of methoxy groups -OCH3 is 1. The minimum Gasteiger partial charge on any atom is -0.491 e.